The molecule has 2 aromatic heterocycles. The number of para-hydroxylation sites is 1. The minimum absolute atomic E-state index is 0.188. The molecule has 1 atom stereocenters. The second-order valence-electron chi connectivity index (χ2n) is 9.40. The van der Waals surface area contributed by atoms with Crippen molar-refractivity contribution in [2.75, 3.05) is 18.7 Å². The van der Waals surface area contributed by atoms with Crippen molar-refractivity contribution in [2.45, 2.75) is 24.4 Å². The predicted octanol–water partition coefficient (Wildman–Crippen LogP) is 6.84. The lowest BCUT2D eigenvalue weighted by molar-refractivity contribution is 0.194. The van der Waals surface area contributed by atoms with Gasteiger partial charge in [-0.2, -0.15) is 5.10 Å². The van der Waals surface area contributed by atoms with E-state index in [0.29, 0.717) is 12.2 Å². The molecule has 0 fully saturated rings. The van der Waals surface area contributed by atoms with E-state index in [0.717, 1.165) is 39.8 Å². The Morgan fingerprint density at radius 3 is 2.41 bits per heavy atom. The molecule has 3 heterocycles. The van der Waals surface area contributed by atoms with Crippen molar-refractivity contribution in [2.24, 2.45) is 0 Å². The van der Waals surface area contributed by atoms with Crippen molar-refractivity contribution in [1.82, 2.24) is 19.2 Å². The van der Waals surface area contributed by atoms with Crippen LogP contribution < -0.4 is 10.1 Å². The number of benzene rings is 3. The molecule has 2 amide bonds. The molecule has 1 aliphatic rings. The van der Waals surface area contributed by atoms with Crippen LogP contribution in [0.5, 0.6) is 5.75 Å². The van der Waals surface area contributed by atoms with E-state index in [-0.39, 0.29) is 12.1 Å². The maximum absolute atomic E-state index is 14.1. The molecule has 0 radical (unpaired) electrons. The molecule has 0 spiro atoms. The molecule has 0 saturated carbocycles. The quantitative estimate of drug-likeness (QED) is 0.250. The Kier molecular flexibility index (Phi) is 6.62. The molecule has 6 rings (SSSR count). The highest BCUT2D eigenvalue weighted by Crippen LogP contribution is 2.39. The van der Waals surface area contributed by atoms with E-state index >= 15 is 0 Å². The lowest BCUT2D eigenvalue weighted by Crippen LogP contribution is -2.38. The van der Waals surface area contributed by atoms with Crippen LogP contribution in [0.25, 0.3) is 11.5 Å². The maximum atomic E-state index is 14.1. The number of urea groups is 1. The van der Waals surface area contributed by atoms with E-state index in [2.05, 4.69) is 52.7 Å². The molecule has 1 N–H and O–H groups in total. The first kappa shape index (κ1) is 24.9. The topological polar surface area (TPSA) is 64.3 Å². The number of nitrogens with zero attached hydrogens (tertiary/aromatic N) is 4. The highest BCUT2D eigenvalue weighted by atomic mass is 32.2. The molecule has 5 aromatic rings. The molecule has 3 aromatic carbocycles. The summed E-state index contributed by atoms with van der Waals surface area (Å²) in [6.45, 7) is 2.40. The van der Waals surface area contributed by atoms with Crippen LogP contribution >= 0.6 is 11.8 Å². The third-order valence-electron chi connectivity index (χ3n) is 7.12. The Morgan fingerprint density at radius 2 is 1.72 bits per heavy atom. The molecule has 39 heavy (non-hydrogen) atoms. The van der Waals surface area contributed by atoms with Crippen molar-refractivity contribution < 1.29 is 9.53 Å². The van der Waals surface area contributed by atoms with Gasteiger partial charge in [0, 0.05) is 22.3 Å². The number of carbonyl (C=O) groups is 1. The predicted molar refractivity (Wildman–Crippen MR) is 155 cm³/mol. The van der Waals surface area contributed by atoms with Crippen LogP contribution in [0.15, 0.2) is 102 Å². The number of rotatable bonds is 5. The summed E-state index contributed by atoms with van der Waals surface area (Å²) in [5.74, 6) is 1.69. The Labute approximate surface area is 232 Å². The average Bonchev–Trinajstić information content (AvgIpc) is 3.54. The van der Waals surface area contributed by atoms with E-state index in [9.17, 15) is 4.79 Å². The normalized spacial score (nSPS) is 14.3. The average molecular weight is 536 g/mol. The van der Waals surface area contributed by atoms with Crippen LogP contribution in [-0.4, -0.2) is 38.6 Å². The van der Waals surface area contributed by atoms with Crippen LogP contribution in [0.2, 0.25) is 0 Å². The summed E-state index contributed by atoms with van der Waals surface area (Å²) in [5.41, 5.74) is 5.60. The summed E-state index contributed by atoms with van der Waals surface area (Å²) in [5, 5.41) is 8.04. The lowest BCUT2D eigenvalue weighted by atomic mass is 10.0. The molecule has 1 unspecified atom stereocenters. The van der Waals surface area contributed by atoms with Crippen molar-refractivity contribution >= 4 is 23.5 Å². The first-order valence-electron chi connectivity index (χ1n) is 12.7. The van der Waals surface area contributed by atoms with E-state index in [1.807, 2.05) is 77.2 Å². The van der Waals surface area contributed by atoms with E-state index in [1.54, 1.807) is 18.9 Å². The van der Waals surface area contributed by atoms with Crippen LogP contribution in [0.1, 0.15) is 28.6 Å². The fourth-order valence-corrected chi connectivity index (χ4v) is 5.56. The molecule has 0 saturated heterocycles. The third kappa shape index (κ3) is 4.57. The van der Waals surface area contributed by atoms with Crippen LogP contribution in [-0.2, 0) is 6.54 Å². The van der Waals surface area contributed by atoms with Gasteiger partial charge in [-0.15, -0.1) is 11.8 Å². The largest absolute Gasteiger partial charge is 0.497 e. The Hall–Kier alpha value is -4.43. The zero-order chi connectivity index (χ0) is 26.9. The van der Waals surface area contributed by atoms with Gasteiger partial charge in [0.1, 0.15) is 11.6 Å². The molecule has 0 bridgehead atoms. The van der Waals surface area contributed by atoms with E-state index in [1.165, 1.54) is 4.90 Å². The number of thioether (sulfide) groups is 1. The molecule has 196 valence electrons. The van der Waals surface area contributed by atoms with E-state index < -0.39 is 0 Å². The number of aryl methyl sites for hydroxylation is 1. The summed E-state index contributed by atoms with van der Waals surface area (Å²) in [4.78, 5) is 17.1. The van der Waals surface area contributed by atoms with Crippen LogP contribution in [0, 0.1) is 6.92 Å². The number of nitrogens with one attached hydrogen (secondary N) is 1. The summed E-state index contributed by atoms with van der Waals surface area (Å²) in [7, 11) is 1.63. The van der Waals surface area contributed by atoms with Gasteiger partial charge in [-0.05, 0) is 79.4 Å². The summed E-state index contributed by atoms with van der Waals surface area (Å²) in [6.07, 6.45) is 4.12. The molecule has 1 aliphatic heterocycles. The summed E-state index contributed by atoms with van der Waals surface area (Å²) < 4.78 is 9.44. The minimum atomic E-state index is -0.315. The van der Waals surface area contributed by atoms with Crippen molar-refractivity contribution in [3.05, 3.63) is 120 Å². The van der Waals surface area contributed by atoms with Crippen LogP contribution in [0.4, 0.5) is 10.5 Å². The first-order valence-corrected chi connectivity index (χ1v) is 14.0. The lowest BCUT2D eigenvalue weighted by Gasteiger charge is -2.31. The van der Waals surface area contributed by atoms with Gasteiger partial charge in [-0.25, -0.2) is 9.48 Å². The highest BCUT2D eigenvalue weighted by Gasteiger charge is 2.36. The van der Waals surface area contributed by atoms with Gasteiger partial charge in [0.2, 0.25) is 0 Å². The molecular weight excluding hydrogens is 506 g/mol. The SMILES string of the molecule is COc1ccc(NC(=O)N2Cc3c(C)nn(-c4ccccc4)c3-n3cccc3C2c2ccc(SC)cc2)cc1. The number of aromatic nitrogens is 3. The number of carbonyl (C=O) groups excluding carboxylic acids is 1. The summed E-state index contributed by atoms with van der Waals surface area (Å²) >= 11 is 1.70. The highest BCUT2D eigenvalue weighted by molar-refractivity contribution is 7.98. The number of methoxy groups -OCH3 is 1. The van der Waals surface area contributed by atoms with Crippen molar-refractivity contribution in [3.8, 4) is 17.3 Å². The second kappa shape index (κ2) is 10.4. The third-order valence-corrected chi connectivity index (χ3v) is 7.86. The van der Waals surface area contributed by atoms with Gasteiger partial charge in [-0.1, -0.05) is 30.3 Å². The first-order chi connectivity index (χ1) is 19.1. The van der Waals surface area contributed by atoms with Crippen molar-refractivity contribution in [3.63, 3.8) is 0 Å². The van der Waals surface area contributed by atoms with Gasteiger partial charge in [-0.3, -0.25) is 0 Å². The zero-order valence-corrected chi connectivity index (χ0v) is 22.9. The molecule has 8 heteroatoms. The zero-order valence-electron chi connectivity index (χ0n) is 22.0. The smallest absolute Gasteiger partial charge is 0.322 e. The van der Waals surface area contributed by atoms with Gasteiger partial charge >= 0.3 is 6.03 Å². The molecule has 7 nitrogen and oxygen atoms in total. The van der Waals surface area contributed by atoms with Gasteiger partial charge in [0.15, 0.2) is 0 Å². The van der Waals surface area contributed by atoms with Crippen molar-refractivity contribution in [1.29, 1.82) is 0 Å². The Bertz CT molecular complexity index is 1610. The number of hydrogen-bond donors (Lipinski definition) is 1. The Morgan fingerprint density at radius 1 is 0.974 bits per heavy atom. The fraction of sp³-hybridized carbons (Fsp3) is 0.161. The van der Waals surface area contributed by atoms with Gasteiger partial charge < -0.3 is 19.5 Å². The number of amides is 2. The number of anilines is 1. The maximum Gasteiger partial charge on any atom is 0.322 e. The summed E-state index contributed by atoms with van der Waals surface area (Å²) in [6, 6.07) is 29.6. The Balaban J connectivity index is 1.50. The fourth-order valence-electron chi connectivity index (χ4n) is 5.16. The minimum Gasteiger partial charge on any atom is -0.497 e. The number of hydrogen-bond acceptors (Lipinski definition) is 4. The van der Waals surface area contributed by atoms with Crippen LogP contribution in [0.3, 0.4) is 0 Å². The standard InChI is InChI=1S/C31H29N5O2S/c1-21-27-20-35(31(37)32-23-13-15-25(38-2)16-14-23)29(22-11-17-26(39-3)18-12-22)28-10-7-19-34(28)30(27)36(33-21)24-8-5-4-6-9-24/h4-19,29H,20H2,1-3H3,(H,32,37). The van der Waals surface area contributed by atoms with Gasteiger partial charge in [0.05, 0.1) is 36.8 Å². The number of fused-ring (bicyclic) bond motifs is 3. The van der Waals surface area contributed by atoms with Gasteiger partial charge in [0.25, 0.3) is 0 Å². The molecule has 0 aliphatic carbocycles. The van der Waals surface area contributed by atoms with E-state index in [4.69, 9.17) is 9.84 Å². The monoisotopic (exact) mass is 535 g/mol. The molecular formula is C31H29N5O2S. The number of ether oxygens (including phenoxy) is 1. The second-order valence-corrected chi connectivity index (χ2v) is 10.3.